The van der Waals surface area contributed by atoms with Gasteiger partial charge in [0.15, 0.2) is 0 Å². The lowest BCUT2D eigenvalue weighted by Gasteiger charge is -2.30. The number of hydrogen-bond acceptors (Lipinski definition) is 4. The summed E-state index contributed by atoms with van der Waals surface area (Å²) < 4.78 is 5.09. The smallest absolute Gasteiger partial charge is 0.254 e. The van der Waals surface area contributed by atoms with Crippen molar-refractivity contribution in [2.24, 2.45) is 0 Å². The lowest BCUT2D eigenvalue weighted by Crippen LogP contribution is -2.42. The zero-order valence-corrected chi connectivity index (χ0v) is 10.4. The topological polar surface area (TPSA) is 75.8 Å². The van der Waals surface area contributed by atoms with Crippen molar-refractivity contribution in [2.75, 3.05) is 25.9 Å². The summed E-state index contributed by atoms with van der Waals surface area (Å²) in [6, 6.07) is 4.97. The Bertz CT molecular complexity index is 448. The lowest BCUT2D eigenvalue weighted by atomic mass is 10.1. The van der Waals surface area contributed by atoms with Crippen LogP contribution in [0.4, 0.5) is 5.69 Å². The molecule has 98 valence electrons. The van der Waals surface area contributed by atoms with Gasteiger partial charge in [-0.25, -0.2) is 0 Å². The fourth-order valence-electron chi connectivity index (χ4n) is 2.19. The Labute approximate surface area is 106 Å². The number of benzene rings is 1. The molecule has 5 nitrogen and oxygen atoms in total. The van der Waals surface area contributed by atoms with Gasteiger partial charge in [0, 0.05) is 30.4 Å². The van der Waals surface area contributed by atoms with Crippen molar-refractivity contribution in [3.05, 3.63) is 23.8 Å². The predicted octanol–water partition coefficient (Wildman–Crippen LogP) is 0.874. The van der Waals surface area contributed by atoms with Crippen LogP contribution in [0.15, 0.2) is 18.2 Å². The van der Waals surface area contributed by atoms with Gasteiger partial charge in [-0.2, -0.15) is 0 Å². The van der Waals surface area contributed by atoms with Crippen LogP contribution in [0.3, 0.4) is 0 Å². The molecule has 1 heterocycles. The molecule has 1 aromatic rings. The molecule has 1 aromatic carbocycles. The molecule has 0 aliphatic carbocycles. The van der Waals surface area contributed by atoms with Gasteiger partial charge in [0.2, 0.25) is 0 Å². The predicted molar refractivity (Wildman–Crippen MR) is 68.6 cm³/mol. The lowest BCUT2D eigenvalue weighted by molar-refractivity contribution is 0.0473. The number of hydrogen-bond donors (Lipinski definition) is 2. The molecule has 1 saturated heterocycles. The first-order valence-electron chi connectivity index (χ1n) is 6.02. The van der Waals surface area contributed by atoms with Crippen LogP contribution in [-0.2, 0) is 0 Å². The molecule has 3 N–H and O–H groups in total. The van der Waals surface area contributed by atoms with Gasteiger partial charge < -0.3 is 20.5 Å². The number of ether oxygens (including phenoxy) is 1. The summed E-state index contributed by atoms with van der Waals surface area (Å²) in [5.74, 6) is 0.454. The highest BCUT2D eigenvalue weighted by Crippen LogP contribution is 2.21. The van der Waals surface area contributed by atoms with Crippen LogP contribution in [0.5, 0.6) is 5.75 Å². The first-order valence-corrected chi connectivity index (χ1v) is 6.02. The van der Waals surface area contributed by atoms with E-state index in [1.165, 1.54) is 7.11 Å². The molecule has 1 atom stereocenters. The van der Waals surface area contributed by atoms with Crippen molar-refractivity contribution in [1.82, 2.24) is 4.90 Å². The molecule has 1 unspecified atom stereocenters. The Morgan fingerprint density at radius 1 is 1.50 bits per heavy atom. The number of β-amino-alcohol motifs (C(OH)–C–C–N with tert-alkyl or cyclic N) is 1. The molecule has 0 aromatic heterocycles. The van der Waals surface area contributed by atoms with Crippen LogP contribution in [0.2, 0.25) is 0 Å². The highest BCUT2D eigenvalue weighted by molar-refractivity contribution is 5.95. The maximum atomic E-state index is 12.3. The summed E-state index contributed by atoms with van der Waals surface area (Å²) in [7, 11) is 1.54. The van der Waals surface area contributed by atoms with Crippen LogP contribution in [0.1, 0.15) is 23.2 Å². The third kappa shape index (κ3) is 2.73. The number of piperidine rings is 1. The summed E-state index contributed by atoms with van der Waals surface area (Å²) in [6.45, 7) is 1.06. The second kappa shape index (κ2) is 5.27. The highest BCUT2D eigenvalue weighted by atomic mass is 16.5. The van der Waals surface area contributed by atoms with E-state index in [0.29, 0.717) is 30.1 Å². The highest BCUT2D eigenvalue weighted by Gasteiger charge is 2.23. The van der Waals surface area contributed by atoms with Gasteiger partial charge in [-0.05, 0) is 25.0 Å². The summed E-state index contributed by atoms with van der Waals surface area (Å²) in [5, 5.41) is 9.59. The van der Waals surface area contributed by atoms with Gasteiger partial charge in [-0.3, -0.25) is 4.79 Å². The average molecular weight is 250 g/mol. The third-order valence-corrected chi connectivity index (χ3v) is 3.10. The zero-order valence-electron chi connectivity index (χ0n) is 10.4. The number of carbonyl (C=O) groups is 1. The molecule has 1 fully saturated rings. The first kappa shape index (κ1) is 12.7. The monoisotopic (exact) mass is 250 g/mol. The number of nitrogens with two attached hydrogens (primary N) is 1. The molecule has 5 heteroatoms. The molecule has 18 heavy (non-hydrogen) atoms. The maximum Gasteiger partial charge on any atom is 0.254 e. The van der Waals surface area contributed by atoms with E-state index in [4.69, 9.17) is 10.5 Å². The largest absolute Gasteiger partial charge is 0.497 e. The number of aliphatic hydroxyl groups excluding tert-OH is 1. The van der Waals surface area contributed by atoms with E-state index in [0.717, 1.165) is 12.8 Å². The Kier molecular flexibility index (Phi) is 3.72. The molecule has 1 aliphatic rings. The minimum Gasteiger partial charge on any atom is -0.497 e. The number of carbonyl (C=O) groups excluding carboxylic acids is 1. The van der Waals surface area contributed by atoms with Gasteiger partial charge in [-0.1, -0.05) is 0 Å². The van der Waals surface area contributed by atoms with E-state index in [1.54, 1.807) is 23.1 Å². The van der Waals surface area contributed by atoms with E-state index >= 15 is 0 Å². The number of anilines is 1. The van der Waals surface area contributed by atoms with Gasteiger partial charge in [0.1, 0.15) is 5.75 Å². The van der Waals surface area contributed by atoms with E-state index in [1.807, 2.05) is 0 Å². The molecule has 0 spiro atoms. The van der Waals surface area contributed by atoms with Crippen molar-refractivity contribution in [3.8, 4) is 5.75 Å². The number of rotatable bonds is 2. The van der Waals surface area contributed by atoms with Crippen molar-refractivity contribution < 1.29 is 14.6 Å². The number of likely N-dealkylation sites (tertiary alicyclic amines) is 1. The molecular weight excluding hydrogens is 232 g/mol. The van der Waals surface area contributed by atoms with Crippen LogP contribution in [0, 0.1) is 0 Å². The van der Waals surface area contributed by atoms with Gasteiger partial charge in [0.25, 0.3) is 5.91 Å². The second-order valence-corrected chi connectivity index (χ2v) is 4.54. The van der Waals surface area contributed by atoms with E-state index in [-0.39, 0.29) is 5.91 Å². The molecule has 0 bridgehead atoms. The number of nitrogens with zero attached hydrogens (tertiary/aromatic N) is 1. The maximum absolute atomic E-state index is 12.3. The van der Waals surface area contributed by atoms with Gasteiger partial charge in [-0.15, -0.1) is 0 Å². The SMILES string of the molecule is COc1cc(N)cc(C(=O)N2CCCC(O)C2)c1. The van der Waals surface area contributed by atoms with E-state index in [9.17, 15) is 9.90 Å². The summed E-state index contributed by atoms with van der Waals surface area (Å²) in [5.41, 5.74) is 6.73. The van der Waals surface area contributed by atoms with Crippen LogP contribution in [-0.4, -0.2) is 42.2 Å². The molecule has 0 radical (unpaired) electrons. The van der Waals surface area contributed by atoms with E-state index < -0.39 is 6.10 Å². The fourth-order valence-corrected chi connectivity index (χ4v) is 2.19. The number of nitrogen functional groups attached to an aromatic ring is 1. The Hall–Kier alpha value is -1.75. The van der Waals surface area contributed by atoms with Crippen LogP contribution >= 0.6 is 0 Å². The average Bonchev–Trinajstić information content (AvgIpc) is 2.37. The molecule has 0 saturated carbocycles. The standard InChI is InChI=1S/C13H18N2O3/c1-18-12-6-9(5-10(14)7-12)13(17)15-4-2-3-11(16)8-15/h5-7,11,16H,2-4,8,14H2,1H3. The molecule has 1 aliphatic heterocycles. The number of methoxy groups -OCH3 is 1. The second-order valence-electron chi connectivity index (χ2n) is 4.54. The Morgan fingerprint density at radius 3 is 2.94 bits per heavy atom. The van der Waals surface area contributed by atoms with Crippen molar-refractivity contribution in [3.63, 3.8) is 0 Å². The minimum atomic E-state index is -0.425. The molecular formula is C13H18N2O3. The van der Waals surface area contributed by atoms with Crippen LogP contribution in [0.25, 0.3) is 0 Å². The Morgan fingerprint density at radius 2 is 2.28 bits per heavy atom. The summed E-state index contributed by atoms with van der Waals surface area (Å²) in [6.07, 6.45) is 1.15. The Balaban J connectivity index is 2.19. The number of aliphatic hydroxyl groups is 1. The van der Waals surface area contributed by atoms with Gasteiger partial charge >= 0.3 is 0 Å². The first-order chi connectivity index (χ1) is 8.60. The summed E-state index contributed by atoms with van der Waals surface area (Å²) >= 11 is 0. The quantitative estimate of drug-likeness (QED) is 0.764. The van der Waals surface area contributed by atoms with Crippen molar-refractivity contribution in [1.29, 1.82) is 0 Å². The van der Waals surface area contributed by atoms with E-state index in [2.05, 4.69) is 0 Å². The van der Waals surface area contributed by atoms with Crippen LogP contribution < -0.4 is 10.5 Å². The molecule has 2 rings (SSSR count). The summed E-state index contributed by atoms with van der Waals surface area (Å²) in [4.78, 5) is 13.9. The fraction of sp³-hybridized carbons (Fsp3) is 0.462. The van der Waals surface area contributed by atoms with Gasteiger partial charge in [0.05, 0.1) is 13.2 Å². The third-order valence-electron chi connectivity index (χ3n) is 3.10. The van der Waals surface area contributed by atoms with Crippen molar-refractivity contribution >= 4 is 11.6 Å². The molecule has 1 amide bonds. The number of amides is 1. The van der Waals surface area contributed by atoms with Crippen molar-refractivity contribution in [2.45, 2.75) is 18.9 Å². The zero-order chi connectivity index (χ0) is 13.1. The normalized spacial score (nSPS) is 19.7. The minimum absolute atomic E-state index is 0.112.